The van der Waals surface area contributed by atoms with E-state index in [9.17, 15) is 8.78 Å². The minimum atomic E-state index is -0.481. The molecule has 1 saturated carbocycles. The minimum Gasteiger partial charge on any atom is -0.314 e. The topological polar surface area (TPSA) is 12.0 Å². The van der Waals surface area contributed by atoms with Gasteiger partial charge in [-0.25, -0.2) is 8.78 Å². The molecule has 1 fully saturated rings. The molecule has 0 aliphatic heterocycles. The van der Waals surface area contributed by atoms with Gasteiger partial charge in [0.25, 0.3) is 0 Å². The van der Waals surface area contributed by atoms with Crippen molar-refractivity contribution in [3.8, 4) is 0 Å². The Morgan fingerprint density at radius 3 is 2.14 bits per heavy atom. The number of rotatable bonds is 5. The molecule has 118 valence electrons. The fourth-order valence-electron chi connectivity index (χ4n) is 3.99. The summed E-state index contributed by atoms with van der Waals surface area (Å²) in [5.74, 6) is 1.11. The number of likely N-dealkylation sites (N-methyl/N-ethyl adjacent to an activating group) is 1. The summed E-state index contributed by atoms with van der Waals surface area (Å²) in [4.78, 5) is 0. The van der Waals surface area contributed by atoms with Gasteiger partial charge in [0.05, 0.1) is 0 Å². The van der Waals surface area contributed by atoms with Crippen LogP contribution in [0.1, 0.15) is 45.6 Å². The van der Waals surface area contributed by atoms with Crippen molar-refractivity contribution >= 4 is 0 Å². The van der Waals surface area contributed by atoms with Crippen LogP contribution >= 0.6 is 0 Å². The van der Waals surface area contributed by atoms with Gasteiger partial charge in [0.1, 0.15) is 11.6 Å². The summed E-state index contributed by atoms with van der Waals surface area (Å²) < 4.78 is 26.7. The zero-order valence-corrected chi connectivity index (χ0v) is 13.3. The molecule has 0 aromatic heterocycles. The molecule has 21 heavy (non-hydrogen) atoms. The van der Waals surface area contributed by atoms with Gasteiger partial charge in [-0.15, -0.1) is 0 Å². The van der Waals surface area contributed by atoms with Crippen LogP contribution in [-0.2, 0) is 6.42 Å². The van der Waals surface area contributed by atoms with Gasteiger partial charge in [0.15, 0.2) is 0 Å². The molecule has 0 amide bonds. The van der Waals surface area contributed by atoms with E-state index in [2.05, 4.69) is 26.1 Å². The highest BCUT2D eigenvalue weighted by Gasteiger charge is 2.29. The first-order valence-corrected chi connectivity index (χ1v) is 8.16. The van der Waals surface area contributed by atoms with E-state index >= 15 is 0 Å². The van der Waals surface area contributed by atoms with Crippen LogP contribution in [0.25, 0.3) is 0 Å². The molecule has 2 rings (SSSR count). The van der Waals surface area contributed by atoms with E-state index in [1.165, 1.54) is 31.4 Å². The van der Waals surface area contributed by atoms with Crippen molar-refractivity contribution < 1.29 is 8.78 Å². The van der Waals surface area contributed by atoms with Gasteiger partial charge in [-0.2, -0.15) is 0 Å². The molecule has 0 heterocycles. The van der Waals surface area contributed by atoms with E-state index in [0.29, 0.717) is 18.4 Å². The lowest BCUT2D eigenvalue weighted by Gasteiger charge is -2.37. The van der Waals surface area contributed by atoms with Gasteiger partial charge >= 0.3 is 0 Å². The van der Waals surface area contributed by atoms with Crippen LogP contribution in [0.3, 0.4) is 0 Å². The number of hydrogen-bond acceptors (Lipinski definition) is 1. The highest BCUT2D eigenvalue weighted by atomic mass is 19.1. The predicted octanol–water partition coefficient (Wildman–Crippen LogP) is 4.56. The zero-order valence-electron chi connectivity index (χ0n) is 13.3. The second-order valence-electron chi connectivity index (χ2n) is 6.82. The van der Waals surface area contributed by atoms with Crippen LogP contribution in [0.4, 0.5) is 8.78 Å². The Bertz CT molecular complexity index is 430. The molecule has 0 bridgehead atoms. The molecule has 0 radical (unpaired) electrons. The molecule has 0 saturated heterocycles. The van der Waals surface area contributed by atoms with E-state index in [-0.39, 0.29) is 0 Å². The molecule has 1 N–H and O–H groups in total. The van der Waals surface area contributed by atoms with E-state index in [0.717, 1.165) is 30.0 Å². The Labute approximate surface area is 127 Å². The maximum Gasteiger partial charge on any atom is 0.126 e. The van der Waals surface area contributed by atoms with Crippen molar-refractivity contribution in [1.82, 2.24) is 5.32 Å². The number of hydrogen-bond donors (Lipinski definition) is 1. The summed E-state index contributed by atoms with van der Waals surface area (Å²) in [5, 5.41) is 3.54. The molecule has 1 nitrogen and oxygen atoms in total. The van der Waals surface area contributed by atoms with Gasteiger partial charge in [0.2, 0.25) is 0 Å². The molecule has 3 heteroatoms. The first kappa shape index (κ1) is 16.4. The van der Waals surface area contributed by atoms with E-state index in [1.807, 2.05) is 0 Å². The first-order valence-electron chi connectivity index (χ1n) is 8.16. The molecular weight excluding hydrogens is 268 g/mol. The van der Waals surface area contributed by atoms with Crippen LogP contribution in [0.15, 0.2) is 18.2 Å². The molecular formula is C18H27F2N. The Kier molecular flexibility index (Phi) is 5.74. The Morgan fingerprint density at radius 1 is 1.05 bits per heavy atom. The van der Waals surface area contributed by atoms with Crippen molar-refractivity contribution in [3.05, 3.63) is 35.4 Å². The van der Waals surface area contributed by atoms with Crippen molar-refractivity contribution in [2.45, 2.75) is 52.5 Å². The summed E-state index contributed by atoms with van der Waals surface area (Å²) in [5.41, 5.74) is 0.754. The lowest BCUT2D eigenvalue weighted by Crippen LogP contribution is -2.41. The van der Waals surface area contributed by atoms with Gasteiger partial charge in [-0.1, -0.05) is 20.8 Å². The Morgan fingerprint density at radius 2 is 1.62 bits per heavy atom. The van der Waals surface area contributed by atoms with Crippen LogP contribution < -0.4 is 5.32 Å². The number of halogens is 2. The fraction of sp³-hybridized carbons (Fsp3) is 0.667. The largest absolute Gasteiger partial charge is 0.314 e. The van der Waals surface area contributed by atoms with Crippen LogP contribution in [-0.4, -0.2) is 12.6 Å². The van der Waals surface area contributed by atoms with Gasteiger partial charge in [-0.05, 0) is 67.7 Å². The van der Waals surface area contributed by atoms with Crippen molar-refractivity contribution in [1.29, 1.82) is 0 Å². The van der Waals surface area contributed by atoms with E-state index in [4.69, 9.17) is 0 Å². The third kappa shape index (κ3) is 4.77. The van der Waals surface area contributed by atoms with E-state index in [1.54, 1.807) is 0 Å². The standard InChI is InChI=1S/C18H27F2N/c1-4-21-18(15-6-12(2)5-13(3)7-15)10-14-8-16(19)11-17(20)9-14/h8-9,11-13,15,18,21H,4-7,10H2,1-3H3. The summed E-state index contributed by atoms with van der Waals surface area (Å²) >= 11 is 0. The third-order valence-electron chi connectivity index (χ3n) is 4.63. The lowest BCUT2D eigenvalue weighted by atomic mass is 9.72. The summed E-state index contributed by atoms with van der Waals surface area (Å²) in [6.45, 7) is 7.61. The SMILES string of the molecule is CCNC(Cc1cc(F)cc(F)c1)C1CC(C)CC(C)C1. The highest BCUT2D eigenvalue weighted by molar-refractivity contribution is 5.19. The molecule has 1 aromatic carbocycles. The maximum absolute atomic E-state index is 13.4. The average Bonchev–Trinajstić information content (AvgIpc) is 2.35. The van der Waals surface area contributed by atoms with Crippen molar-refractivity contribution in [3.63, 3.8) is 0 Å². The fourth-order valence-corrected chi connectivity index (χ4v) is 3.99. The monoisotopic (exact) mass is 295 g/mol. The quantitative estimate of drug-likeness (QED) is 0.840. The highest BCUT2D eigenvalue weighted by Crippen LogP contribution is 2.35. The summed E-state index contributed by atoms with van der Waals surface area (Å²) in [6.07, 6.45) is 4.41. The van der Waals surface area contributed by atoms with Crippen LogP contribution in [0, 0.1) is 29.4 Å². The smallest absolute Gasteiger partial charge is 0.126 e. The van der Waals surface area contributed by atoms with Gasteiger partial charge < -0.3 is 5.32 Å². The van der Waals surface area contributed by atoms with Crippen molar-refractivity contribution in [2.75, 3.05) is 6.54 Å². The molecule has 3 unspecified atom stereocenters. The Balaban J connectivity index is 2.10. The molecule has 1 aliphatic rings. The number of benzene rings is 1. The molecule has 1 aliphatic carbocycles. The predicted molar refractivity (Wildman–Crippen MR) is 83.2 cm³/mol. The lowest BCUT2D eigenvalue weighted by molar-refractivity contribution is 0.176. The Hall–Kier alpha value is -0.960. The average molecular weight is 295 g/mol. The first-order chi connectivity index (χ1) is 9.97. The van der Waals surface area contributed by atoms with Gasteiger partial charge in [0, 0.05) is 12.1 Å². The molecule has 1 aromatic rings. The second-order valence-corrected chi connectivity index (χ2v) is 6.82. The van der Waals surface area contributed by atoms with E-state index < -0.39 is 11.6 Å². The van der Waals surface area contributed by atoms with Crippen LogP contribution in [0.2, 0.25) is 0 Å². The summed E-state index contributed by atoms with van der Waals surface area (Å²) in [6, 6.07) is 4.17. The normalized spacial score (nSPS) is 27.6. The third-order valence-corrected chi connectivity index (χ3v) is 4.63. The second kappa shape index (κ2) is 7.35. The number of nitrogens with one attached hydrogen (secondary N) is 1. The zero-order chi connectivity index (χ0) is 15.4. The van der Waals surface area contributed by atoms with Crippen molar-refractivity contribution in [2.24, 2.45) is 17.8 Å². The minimum absolute atomic E-state index is 0.307. The van der Waals surface area contributed by atoms with Crippen LogP contribution in [0.5, 0.6) is 0 Å². The maximum atomic E-state index is 13.4. The summed E-state index contributed by atoms with van der Waals surface area (Å²) in [7, 11) is 0. The molecule has 0 spiro atoms. The molecule has 3 atom stereocenters. The van der Waals surface area contributed by atoms with Gasteiger partial charge in [-0.3, -0.25) is 0 Å².